The molecule has 0 radical (unpaired) electrons. The maximum absolute atomic E-state index is 10.7. The Kier molecular flexibility index (Phi) is 3.53. The van der Waals surface area contributed by atoms with Crippen molar-refractivity contribution in [2.75, 3.05) is 13.1 Å². The predicted molar refractivity (Wildman–Crippen MR) is 48.7 cm³/mol. The minimum Gasteiger partial charge on any atom is -0.369 e. The van der Waals surface area contributed by atoms with E-state index in [4.69, 9.17) is 5.73 Å². The standard InChI is InChI=1S/C9H18N2O/c1-2-4-8-5-3-6-11(8)7-9(10)12/h8H,2-7H2,1H3,(H2,10,12). The van der Waals surface area contributed by atoms with Gasteiger partial charge in [-0.05, 0) is 25.8 Å². The lowest BCUT2D eigenvalue weighted by Gasteiger charge is -2.22. The van der Waals surface area contributed by atoms with E-state index in [1.54, 1.807) is 0 Å². The molecule has 1 aliphatic rings. The van der Waals surface area contributed by atoms with Gasteiger partial charge in [0.05, 0.1) is 6.54 Å². The lowest BCUT2D eigenvalue weighted by atomic mass is 10.1. The molecule has 0 aliphatic carbocycles. The lowest BCUT2D eigenvalue weighted by molar-refractivity contribution is -0.119. The molecule has 1 rings (SSSR count). The van der Waals surface area contributed by atoms with E-state index in [-0.39, 0.29) is 5.91 Å². The summed E-state index contributed by atoms with van der Waals surface area (Å²) in [4.78, 5) is 12.9. The molecule has 0 aromatic heterocycles. The van der Waals surface area contributed by atoms with Gasteiger partial charge >= 0.3 is 0 Å². The second kappa shape index (κ2) is 4.45. The van der Waals surface area contributed by atoms with Crippen molar-refractivity contribution >= 4 is 5.91 Å². The summed E-state index contributed by atoms with van der Waals surface area (Å²) < 4.78 is 0. The normalized spacial score (nSPS) is 24.6. The van der Waals surface area contributed by atoms with Gasteiger partial charge in [0.2, 0.25) is 5.91 Å². The summed E-state index contributed by atoms with van der Waals surface area (Å²) in [5.41, 5.74) is 5.15. The fourth-order valence-electron chi connectivity index (χ4n) is 1.96. The van der Waals surface area contributed by atoms with Crippen LogP contribution in [0.3, 0.4) is 0 Å². The highest BCUT2D eigenvalue weighted by Crippen LogP contribution is 2.20. The van der Waals surface area contributed by atoms with Crippen molar-refractivity contribution < 1.29 is 4.79 Å². The van der Waals surface area contributed by atoms with Crippen LogP contribution < -0.4 is 5.73 Å². The van der Waals surface area contributed by atoms with Crippen LogP contribution in [0, 0.1) is 0 Å². The number of nitrogens with zero attached hydrogens (tertiary/aromatic N) is 1. The Hall–Kier alpha value is -0.570. The van der Waals surface area contributed by atoms with E-state index < -0.39 is 0 Å². The molecule has 3 heteroatoms. The van der Waals surface area contributed by atoms with E-state index in [0.717, 1.165) is 6.54 Å². The van der Waals surface area contributed by atoms with Crippen molar-refractivity contribution in [2.45, 2.75) is 38.6 Å². The molecule has 1 saturated heterocycles. The molecule has 1 fully saturated rings. The first-order chi connectivity index (χ1) is 5.74. The van der Waals surface area contributed by atoms with Crippen LogP contribution in [0.4, 0.5) is 0 Å². The molecule has 12 heavy (non-hydrogen) atoms. The van der Waals surface area contributed by atoms with Gasteiger partial charge in [-0.3, -0.25) is 9.69 Å². The maximum atomic E-state index is 10.7. The fourth-order valence-corrected chi connectivity index (χ4v) is 1.96. The van der Waals surface area contributed by atoms with Crippen molar-refractivity contribution in [2.24, 2.45) is 5.73 Å². The smallest absolute Gasteiger partial charge is 0.231 e. The summed E-state index contributed by atoms with van der Waals surface area (Å²) in [6, 6.07) is 0.613. The minimum absolute atomic E-state index is 0.196. The summed E-state index contributed by atoms with van der Waals surface area (Å²) in [5.74, 6) is -0.196. The van der Waals surface area contributed by atoms with Gasteiger partial charge in [-0.1, -0.05) is 13.3 Å². The number of hydrogen-bond acceptors (Lipinski definition) is 2. The molecular formula is C9H18N2O. The number of rotatable bonds is 4. The fraction of sp³-hybridized carbons (Fsp3) is 0.889. The predicted octanol–water partition coefficient (Wildman–Crippen LogP) is 0.736. The zero-order valence-corrected chi connectivity index (χ0v) is 7.75. The Morgan fingerprint density at radius 2 is 2.42 bits per heavy atom. The molecule has 0 aromatic rings. The molecule has 70 valence electrons. The molecule has 1 unspecified atom stereocenters. The number of primary amides is 1. The van der Waals surface area contributed by atoms with E-state index in [9.17, 15) is 4.79 Å². The van der Waals surface area contributed by atoms with Crippen LogP contribution in [0.15, 0.2) is 0 Å². The van der Waals surface area contributed by atoms with E-state index in [2.05, 4.69) is 11.8 Å². The molecule has 3 nitrogen and oxygen atoms in total. The molecule has 0 aromatic carbocycles. The maximum Gasteiger partial charge on any atom is 0.231 e. The highest BCUT2D eigenvalue weighted by atomic mass is 16.1. The van der Waals surface area contributed by atoms with Crippen molar-refractivity contribution in [1.82, 2.24) is 4.90 Å². The Morgan fingerprint density at radius 3 is 3.00 bits per heavy atom. The SMILES string of the molecule is CCCC1CCCN1CC(N)=O. The first kappa shape index (κ1) is 9.52. The molecule has 1 amide bonds. The van der Waals surface area contributed by atoms with Crippen LogP contribution in [0.1, 0.15) is 32.6 Å². The largest absolute Gasteiger partial charge is 0.369 e. The number of carbonyl (C=O) groups excluding carboxylic acids is 1. The zero-order chi connectivity index (χ0) is 8.97. The quantitative estimate of drug-likeness (QED) is 0.676. The van der Waals surface area contributed by atoms with Gasteiger partial charge in [0, 0.05) is 6.04 Å². The van der Waals surface area contributed by atoms with E-state index >= 15 is 0 Å². The number of likely N-dealkylation sites (tertiary alicyclic amines) is 1. The lowest BCUT2D eigenvalue weighted by Crippen LogP contribution is -2.37. The highest BCUT2D eigenvalue weighted by molar-refractivity contribution is 5.76. The molecule has 0 saturated carbocycles. The van der Waals surface area contributed by atoms with Gasteiger partial charge in [0.15, 0.2) is 0 Å². The molecule has 0 spiro atoms. The van der Waals surface area contributed by atoms with Crippen molar-refractivity contribution in [3.8, 4) is 0 Å². The zero-order valence-electron chi connectivity index (χ0n) is 7.75. The number of amides is 1. The average molecular weight is 170 g/mol. The molecular weight excluding hydrogens is 152 g/mol. The van der Waals surface area contributed by atoms with Crippen molar-refractivity contribution in [3.63, 3.8) is 0 Å². The Bertz CT molecular complexity index is 159. The Labute approximate surface area is 73.9 Å². The van der Waals surface area contributed by atoms with E-state index in [0.29, 0.717) is 12.6 Å². The second-order valence-electron chi connectivity index (χ2n) is 3.52. The molecule has 1 aliphatic heterocycles. The summed E-state index contributed by atoms with van der Waals surface area (Å²) in [6.07, 6.45) is 4.85. The molecule has 0 bridgehead atoms. The van der Waals surface area contributed by atoms with Crippen molar-refractivity contribution in [1.29, 1.82) is 0 Å². The molecule has 2 N–H and O–H groups in total. The Morgan fingerprint density at radius 1 is 1.67 bits per heavy atom. The second-order valence-corrected chi connectivity index (χ2v) is 3.52. The van der Waals surface area contributed by atoms with Crippen molar-refractivity contribution in [3.05, 3.63) is 0 Å². The van der Waals surface area contributed by atoms with Gasteiger partial charge in [-0.25, -0.2) is 0 Å². The molecule has 1 atom stereocenters. The highest BCUT2D eigenvalue weighted by Gasteiger charge is 2.24. The number of nitrogens with two attached hydrogens (primary N) is 1. The topological polar surface area (TPSA) is 46.3 Å². The summed E-state index contributed by atoms with van der Waals surface area (Å²) >= 11 is 0. The van der Waals surface area contributed by atoms with Gasteiger partial charge in [-0.15, -0.1) is 0 Å². The summed E-state index contributed by atoms with van der Waals surface area (Å²) in [7, 11) is 0. The molecule has 1 heterocycles. The van der Waals surface area contributed by atoms with Gasteiger partial charge in [-0.2, -0.15) is 0 Å². The van der Waals surface area contributed by atoms with Crippen LogP contribution in [-0.2, 0) is 4.79 Å². The number of hydrogen-bond donors (Lipinski definition) is 1. The average Bonchev–Trinajstić information content (AvgIpc) is 2.37. The van der Waals surface area contributed by atoms with Gasteiger partial charge in [0.1, 0.15) is 0 Å². The third-order valence-corrected chi connectivity index (χ3v) is 2.48. The van der Waals surface area contributed by atoms with Crippen LogP contribution in [0.5, 0.6) is 0 Å². The number of carbonyl (C=O) groups is 1. The van der Waals surface area contributed by atoms with Gasteiger partial charge < -0.3 is 5.73 Å². The van der Waals surface area contributed by atoms with E-state index in [1.807, 2.05) is 0 Å². The minimum atomic E-state index is -0.196. The third-order valence-electron chi connectivity index (χ3n) is 2.48. The van der Waals surface area contributed by atoms with Crippen LogP contribution in [0.25, 0.3) is 0 Å². The third kappa shape index (κ3) is 2.48. The van der Waals surface area contributed by atoms with Crippen LogP contribution >= 0.6 is 0 Å². The first-order valence-corrected chi connectivity index (χ1v) is 4.76. The Balaban J connectivity index is 2.35. The van der Waals surface area contributed by atoms with Crippen LogP contribution in [-0.4, -0.2) is 29.9 Å². The van der Waals surface area contributed by atoms with Crippen LogP contribution in [0.2, 0.25) is 0 Å². The summed E-state index contributed by atoms with van der Waals surface area (Å²) in [6.45, 7) is 3.68. The monoisotopic (exact) mass is 170 g/mol. The van der Waals surface area contributed by atoms with E-state index in [1.165, 1.54) is 25.7 Å². The summed E-state index contributed by atoms with van der Waals surface area (Å²) in [5, 5.41) is 0. The first-order valence-electron chi connectivity index (χ1n) is 4.76. The van der Waals surface area contributed by atoms with Gasteiger partial charge in [0.25, 0.3) is 0 Å².